The van der Waals surface area contributed by atoms with E-state index in [0.717, 1.165) is 36.4 Å². The average Bonchev–Trinajstić information content (AvgIpc) is 2.79. The van der Waals surface area contributed by atoms with Crippen molar-refractivity contribution < 1.29 is 4.74 Å². The molecule has 2 aromatic heterocycles. The summed E-state index contributed by atoms with van der Waals surface area (Å²) >= 11 is 12.3. The fraction of sp³-hybridized carbons (Fsp3) is 0.571. The number of alkyl halides is 1. The van der Waals surface area contributed by atoms with E-state index in [-0.39, 0.29) is 10.9 Å². The molecule has 0 amide bonds. The largest absolute Gasteiger partial charge is 0.379 e. The highest BCUT2D eigenvalue weighted by molar-refractivity contribution is 6.31. The second kappa shape index (κ2) is 5.17. The van der Waals surface area contributed by atoms with E-state index in [1.807, 2.05) is 13.0 Å². The molecule has 2 atom stereocenters. The molecule has 1 saturated heterocycles. The predicted octanol–water partition coefficient (Wildman–Crippen LogP) is 3.91. The molecule has 0 N–H and O–H groups in total. The van der Waals surface area contributed by atoms with E-state index in [0.29, 0.717) is 11.6 Å². The van der Waals surface area contributed by atoms with Gasteiger partial charge in [0.1, 0.15) is 11.3 Å². The Morgan fingerprint density at radius 3 is 2.95 bits per heavy atom. The monoisotopic (exact) mass is 313 g/mol. The number of aromatic nitrogens is 3. The summed E-state index contributed by atoms with van der Waals surface area (Å²) in [6, 6.07) is 1.83. The van der Waals surface area contributed by atoms with Gasteiger partial charge in [-0.3, -0.25) is 0 Å². The summed E-state index contributed by atoms with van der Waals surface area (Å²) in [5, 5.41) is 0.391. The number of pyridine rings is 1. The number of ether oxygens (including phenoxy) is 1. The van der Waals surface area contributed by atoms with Crippen LogP contribution in [0.5, 0.6) is 0 Å². The summed E-state index contributed by atoms with van der Waals surface area (Å²) in [7, 11) is 0. The molecule has 1 aliphatic heterocycles. The first kappa shape index (κ1) is 14.1. The van der Waals surface area contributed by atoms with Crippen LogP contribution >= 0.6 is 23.2 Å². The van der Waals surface area contributed by atoms with Gasteiger partial charge in [-0.2, -0.15) is 0 Å². The number of nitrogens with zero attached hydrogens (tertiary/aromatic N) is 3. The Bertz CT molecular complexity index is 633. The molecule has 0 radical (unpaired) electrons. The van der Waals surface area contributed by atoms with Crippen LogP contribution in [-0.2, 0) is 10.3 Å². The minimum absolute atomic E-state index is 0.160. The third-order valence-corrected chi connectivity index (χ3v) is 4.20. The fourth-order valence-corrected chi connectivity index (χ4v) is 3.15. The van der Waals surface area contributed by atoms with Gasteiger partial charge >= 0.3 is 0 Å². The summed E-state index contributed by atoms with van der Waals surface area (Å²) in [4.78, 5) is 9.08. The predicted molar refractivity (Wildman–Crippen MR) is 80.5 cm³/mol. The number of imidazole rings is 1. The van der Waals surface area contributed by atoms with Crippen molar-refractivity contribution in [2.24, 2.45) is 0 Å². The van der Waals surface area contributed by atoms with E-state index >= 15 is 0 Å². The molecule has 1 aliphatic rings. The van der Waals surface area contributed by atoms with Crippen LogP contribution in [0.3, 0.4) is 0 Å². The van der Waals surface area contributed by atoms with Gasteiger partial charge in [0.25, 0.3) is 0 Å². The lowest BCUT2D eigenvalue weighted by Gasteiger charge is -2.36. The number of rotatable bonds is 2. The molecule has 108 valence electrons. The minimum atomic E-state index is -0.193. The maximum Gasteiger partial charge on any atom is 0.160 e. The first-order chi connectivity index (χ1) is 9.51. The zero-order chi connectivity index (χ0) is 14.3. The van der Waals surface area contributed by atoms with Crippen molar-refractivity contribution in [3.05, 3.63) is 23.1 Å². The van der Waals surface area contributed by atoms with E-state index in [4.69, 9.17) is 27.9 Å². The lowest BCUT2D eigenvalue weighted by Crippen LogP contribution is -2.40. The van der Waals surface area contributed by atoms with E-state index in [2.05, 4.69) is 21.5 Å². The molecule has 2 aromatic rings. The quantitative estimate of drug-likeness (QED) is 0.789. The van der Waals surface area contributed by atoms with Crippen LogP contribution in [0.2, 0.25) is 5.02 Å². The molecule has 0 bridgehead atoms. The zero-order valence-electron chi connectivity index (χ0n) is 11.6. The second-order valence-corrected chi connectivity index (χ2v) is 6.66. The molecule has 0 aromatic carbocycles. The molecule has 20 heavy (non-hydrogen) atoms. The Labute approximate surface area is 128 Å². The van der Waals surface area contributed by atoms with Crippen LogP contribution in [0.15, 0.2) is 12.3 Å². The van der Waals surface area contributed by atoms with Crippen LogP contribution in [0.1, 0.15) is 37.9 Å². The highest BCUT2D eigenvalue weighted by Gasteiger charge is 2.34. The van der Waals surface area contributed by atoms with Gasteiger partial charge in [-0.25, -0.2) is 9.97 Å². The SMILES string of the molecule is CC(Cl)c1nc2cc(Cl)cnc2n1C1(C)CCCOC1. The number of halogens is 2. The fourth-order valence-electron chi connectivity index (χ4n) is 2.85. The molecule has 3 rings (SSSR count). The van der Waals surface area contributed by atoms with Crippen molar-refractivity contribution in [3.63, 3.8) is 0 Å². The van der Waals surface area contributed by atoms with Gasteiger partial charge in [0, 0.05) is 12.8 Å². The summed E-state index contributed by atoms with van der Waals surface area (Å²) in [6.45, 7) is 5.56. The molecule has 6 heteroatoms. The molecule has 4 nitrogen and oxygen atoms in total. The summed E-state index contributed by atoms with van der Waals surface area (Å²) < 4.78 is 7.81. The third-order valence-electron chi connectivity index (χ3n) is 3.80. The lowest BCUT2D eigenvalue weighted by molar-refractivity contribution is 0.00988. The Balaban J connectivity index is 2.23. The van der Waals surface area contributed by atoms with Gasteiger partial charge in [0.2, 0.25) is 0 Å². The molecule has 0 saturated carbocycles. The van der Waals surface area contributed by atoms with Crippen molar-refractivity contribution in [3.8, 4) is 0 Å². The van der Waals surface area contributed by atoms with Gasteiger partial charge in [-0.1, -0.05) is 11.6 Å². The van der Waals surface area contributed by atoms with Crippen LogP contribution < -0.4 is 0 Å². The topological polar surface area (TPSA) is 39.9 Å². The normalized spacial score (nSPS) is 25.0. The van der Waals surface area contributed by atoms with Crippen molar-refractivity contribution in [1.82, 2.24) is 14.5 Å². The first-order valence-electron chi connectivity index (χ1n) is 6.77. The molecule has 0 spiro atoms. The van der Waals surface area contributed by atoms with Crippen molar-refractivity contribution >= 4 is 34.4 Å². The van der Waals surface area contributed by atoms with Crippen LogP contribution in [0, 0.1) is 0 Å². The Morgan fingerprint density at radius 2 is 2.30 bits per heavy atom. The summed E-state index contributed by atoms with van der Waals surface area (Å²) in [5.74, 6) is 0.824. The Morgan fingerprint density at radius 1 is 1.50 bits per heavy atom. The Hall–Kier alpha value is -0.840. The zero-order valence-corrected chi connectivity index (χ0v) is 13.1. The van der Waals surface area contributed by atoms with Crippen LogP contribution in [0.25, 0.3) is 11.2 Å². The third kappa shape index (κ3) is 2.30. The van der Waals surface area contributed by atoms with E-state index in [1.165, 1.54) is 0 Å². The van der Waals surface area contributed by atoms with Gasteiger partial charge in [-0.15, -0.1) is 11.6 Å². The highest BCUT2D eigenvalue weighted by Crippen LogP contribution is 2.35. The second-order valence-electron chi connectivity index (χ2n) is 5.57. The smallest absolute Gasteiger partial charge is 0.160 e. The summed E-state index contributed by atoms with van der Waals surface area (Å²) in [6.07, 6.45) is 3.71. The maximum atomic E-state index is 6.32. The molecule has 1 fully saturated rings. The highest BCUT2D eigenvalue weighted by atomic mass is 35.5. The van der Waals surface area contributed by atoms with Gasteiger partial charge < -0.3 is 9.30 Å². The number of fused-ring (bicyclic) bond motifs is 1. The maximum absolute atomic E-state index is 6.32. The van der Waals surface area contributed by atoms with Crippen molar-refractivity contribution in [2.45, 2.75) is 37.6 Å². The van der Waals surface area contributed by atoms with Gasteiger partial charge in [0.15, 0.2) is 5.65 Å². The number of hydrogen-bond donors (Lipinski definition) is 0. The van der Waals surface area contributed by atoms with Gasteiger partial charge in [0.05, 0.1) is 22.5 Å². The summed E-state index contributed by atoms with van der Waals surface area (Å²) in [5.41, 5.74) is 1.45. The molecule has 0 aliphatic carbocycles. The van der Waals surface area contributed by atoms with Crippen LogP contribution in [0.4, 0.5) is 0 Å². The first-order valence-corrected chi connectivity index (χ1v) is 7.59. The van der Waals surface area contributed by atoms with Crippen molar-refractivity contribution in [1.29, 1.82) is 0 Å². The Kier molecular flexibility index (Phi) is 3.65. The molecular weight excluding hydrogens is 297 g/mol. The molecular formula is C14H17Cl2N3O. The van der Waals surface area contributed by atoms with Crippen LogP contribution in [-0.4, -0.2) is 27.7 Å². The van der Waals surface area contributed by atoms with Crippen molar-refractivity contribution in [2.75, 3.05) is 13.2 Å². The van der Waals surface area contributed by atoms with E-state index in [9.17, 15) is 0 Å². The van der Waals surface area contributed by atoms with E-state index in [1.54, 1.807) is 6.20 Å². The standard InChI is InChI=1S/C14H17Cl2N3O/c1-9(15)12-18-11-6-10(16)7-17-13(11)19(12)14(2)4-3-5-20-8-14/h6-7,9H,3-5,8H2,1-2H3. The molecule has 2 unspecified atom stereocenters. The molecule has 3 heterocycles. The van der Waals surface area contributed by atoms with E-state index < -0.39 is 0 Å². The number of hydrogen-bond acceptors (Lipinski definition) is 3. The minimum Gasteiger partial charge on any atom is -0.379 e. The van der Waals surface area contributed by atoms with Gasteiger partial charge in [-0.05, 0) is 32.8 Å². The lowest BCUT2D eigenvalue weighted by atomic mass is 9.94. The average molecular weight is 314 g/mol.